The van der Waals surface area contributed by atoms with Crippen molar-refractivity contribution in [1.82, 2.24) is 10.3 Å². The molecule has 0 aliphatic rings. The number of carbonyl (C=O) groups excluding carboxylic acids is 1. The van der Waals surface area contributed by atoms with Gasteiger partial charge in [-0.1, -0.05) is 18.2 Å². The lowest BCUT2D eigenvalue weighted by atomic mass is 10.2. The highest BCUT2D eigenvalue weighted by molar-refractivity contribution is 6.03. The number of nitrogens with zero attached hydrogens (tertiary/aromatic N) is 1. The zero-order valence-electron chi connectivity index (χ0n) is 10.6. The fraction of sp³-hybridized carbons (Fsp3) is 0.154. The van der Waals surface area contributed by atoms with E-state index in [2.05, 4.69) is 15.3 Å². The number of nitrogens with two attached hydrogens (primary N) is 1. The van der Waals surface area contributed by atoms with E-state index in [0.717, 1.165) is 10.9 Å². The molecule has 2 rings (SSSR count). The van der Waals surface area contributed by atoms with Crippen molar-refractivity contribution in [3.63, 3.8) is 0 Å². The smallest absolute Gasteiger partial charge is 0.305 e. The van der Waals surface area contributed by atoms with Crippen molar-refractivity contribution in [2.45, 2.75) is 6.42 Å². The Labute approximate surface area is 114 Å². The van der Waals surface area contributed by atoms with Gasteiger partial charge in [0.05, 0.1) is 6.42 Å². The summed E-state index contributed by atoms with van der Waals surface area (Å²) in [4.78, 5) is 28.8. The molecule has 0 radical (unpaired) electrons. The van der Waals surface area contributed by atoms with Crippen LogP contribution in [0.3, 0.4) is 0 Å². The third-order valence-electron chi connectivity index (χ3n) is 2.63. The number of carbonyl (C=O) groups is 2. The number of aliphatic carboxylic acids is 1. The summed E-state index contributed by atoms with van der Waals surface area (Å²) in [7, 11) is 0. The number of amides is 1. The number of hydrogen-bond donors (Lipinski definition) is 4. The summed E-state index contributed by atoms with van der Waals surface area (Å²) in [5, 5.41) is 11.9. The number of aromatic nitrogens is 1. The molecule has 104 valence electrons. The van der Waals surface area contributed by atoms with E-state index in [1.165, 1.54) is 0 Å². The van der Waals surface area contributed by atoms with E-state index >= 15 is 0 Å². The Morgan fingerprint density at radius 2 is 2.10 bits per heavy atom. The predicted octanol–water partition coefficient (Wildman–Crippen LogP) is 0.687. The maximum Gasteiger partial charge on any atom is 0.305 e. The molecule has 1 amide bonds. The van der Waals surface area contributed by atoms with Gasteiger partial charge >= 0.3 is 5.97 Å². The monoisotopic (exact) mass is 274 g/mol. The van der Waals surface area contributed by atoms with Crippen molar-refractivity contribution in [1.29, 1.82) is 0 Å². The summed E-state index contributed by atoms with van der Waals surface area (Å²) in [6.07, 6.45) is -0.100. The van der Waals surface area contributed by atoms with Crippen LogP contribution in [-0.2, 0) is 4.79 Å². The van der Waals surface area contributed by atoms with Gasteiger partial charge in [0, 0.05) is 17.4 Å². The summed E-state index contributed by atoms with van der Waals surface area (Å²) in [6, 6.07) is 9.14. The molecule has 1 aromatic carbocycles. The Morgan fingerprint density at radius 3 is 2.80 bits per heavy atom. The molecule has 0 aliphatic heterocycles. The molecular formula is C13H14N4O3. The number of aliphatic imine (C=N–C) groups is 1. The number of rotatable bonds is 4. The zero-order chi connectivity index (χ0) is 14.5. The van der Waals surface area contributed by atoms with E-state index in [1.54, 1.807) is 6.07 Å². The summed E-state index contributed by atoms with van der Waals surface area (Å²) < 4.78 is 0. The van der Waals surface area contributed by atoms with E-state index in [-0.39, 0.29) is 18.9 Å². The minimum atomic E-state index is -0.952. The first-order valence-electron chi connectivity index (χ1n) is 5.98. The lowest BCUT2D eigenvalue weighted by Gasteiger charge is -2.01. The standard InChI is InChI=1S/C13H14N4O3/c14-13(15-6-5-11(18)19)17-12(20)10-7-8-3-1-2-4-9(8)16-10/h1-4,7,16H,5-6H2,(H,18,19)(H3,14,15,17,20). The minimum Gasteiger partial charge on any atom is -0.481 e. The van der Waals surface area contributed by atoms with Gasteiger partial charge in [-0.3, -0.25) is 9.59 Å². The molecule has 20 heavy (non-hydrogen) atoms. The van der Waals surface area contributed by atoms with Crippen LogP contribution in [0.1, 0.15) is 16.9 Å². The number of H-pyrrole nitrogens is 1. The topological polar surface area (TPSA) is 121 Å². The molecule has 0 spiro atoms. The third-order valence-corrected chi connectivity index (χ3v) is 2.63. The molecule has 0 atom stereocenters. The molecule has 7 heteroatoms. The van der Waals surface area contributed by atoms with Gasteiger partial charge in [0.15, 0.2) is 5.96 Å². The number of guanidine groups is 1. The molecule has 0 saturated carbocycles. The first kappa shape index (κ1) is 13.6. The van der Waals surface area contributed by atoms with Crippen molar-refractivity contribution in [3.05, 3.63) is 36.0 Å². The van der Waals surface area contributed by atoms with Gasteiger partial charge in [-0.15, -0.1) is 0 Å². The quantitative estimate of drug-likeness (QED) is 0.483. The van der Waals surface area contributed by atoms with Gasteiger partial charge in [-0.05, 0) is 12.1 Å². The lowest BCUT2D eigenvalue weighted by molar-refractivity contribution is -0.136. The predicted molar refractivity (Wildman–Crippen MR) is 74.5 cm³/mol. The normalized spacial score (nSPS) is 11.5. The summed E-state index contributed by atoms with van der Waals surface area (Å²) in [6.45, 7) is 0.116. The molecule has 1 aromatic heterocycles. The highest BCUT2D eigenvalue weighted by Gasteiger charge is 2.09. The molecule has 0 aliphatic carbocycles. The maximum absolute atomic E-state index is 11.9. The van der Waals surface area contributed by atoms with Gasteiger partial charge in [0.25, 0.3) is 5.91 Å². The number of benzene rings is 1. The Balaban J connectivity index is 2.05. The Hall–Kier alpha value is -2.83. The van der Waals surface area contributed by atoms with Gasteiger partial charge < -0.3 is 21.1 Å². The van der Waals surface area contributed by atoms with Crippen molar-refractivity contribution < 1.29 is 14.7 Å². The van der Waals surface area contributed by atoms with E-state index in [4.69, 9.17) is 10.8 Å². The average molecular weight is 274 g/mol. The van der Waals surface area contributed by atoms with Crippen LogP contribution in [-0.4, -0.2) is 34.5 Å². The molecule has 0 bridgehead atoms. The number of hydrogen-bond acceptors (Lipinski definition) is 2. The summed E-state index contributed by atoms with van der Waals surface area (Å²) in [5.41, 5.74) is 6.67. The molecular weight excluding hydrogens is 260 g/mol. The Kier molecular flexibility index (Phi) is 3.99. The van der Waals surface area contributed by atoms with Crippen LogP contribution in [0.2, 0.25) is 0 Å². The highest BCUT2D eigenvalue weighted by Crippen LogP contribution is 2.15. The highest BCUT2D eigenvalue weighted by atomic mass is 16.4. The van der Waals surface area contributed by atoms with E-state index in [9.17, 15) is 9.59 Å². The average Bonchev–Trinajstić information content (AvgIpc) is 2.82. The lowest BCUT2D eigenvalue weighted by Crippen LogP contribution is -2.34. The van der Waals surface area contributed by atoms with Gasteiger partial charge in [0.1, 0.15) is 5.69 Å². The number of para-hydroxylation sites is 1. The van der Waals surface area contributed by atoms with Crippen molar-refractivity contribution in [2.75, 3.05) is 6.54 Å². The zero-order valence-corrected chi connectivity index (χ0v) is 10.6. The van der Waals surface area contributed by atoms with Crippen LogP contribution in [0, 0.1) is 0 Å². The van der Waals surface area contributed by atoms with Crippen LogP contribution in [0.4, 0.5) is 0 Å². The Bertz CT molecular complexity index is 642. The fourth-order valence-corrected chi connectivity index (χ4v) is 1.70. The summed E-state index contributed by atoms with van der Waals surface area (Å²) in [5.74, 6) is -1.57. The van der Waals surface area contributed by atoms with Crippen molar-refractivity contribution in [3.8, 4) is 0 Å². The van der Waals surface area contributed by atoms with Crippen LogP contribution in [0.25, 0.3) is 10.9 Å². The second kappa shape index (κ2) is 5.87. The second-order valence-electron chi connectivity index (χ2n) is 4.14. The first-order chi connectivity index (χ1) is 9.56. The van der Waals surface area contributed by atoms with E-state index < -0.39 is 11.9 Å². The largest absolute Gasteiger partial charge is 0.481 e. The van der Waals surface area contributed by atoms with Crippen molar-refractivity contribution >= 4 is 28.7 Å². The molecule has 0 unspecified atom stereocenters. The first-order valence-corrected chi connectivity index (χ1v) is 5.98. The third kappa shape index (κ3) is 3.35. The number of nitrogens with one attached hydrogen (secondary N) is 2. The molecule has 0 fully saturated rings. The minimum absolute atomic E-state index is 0.100. The molecule has 7 nitrogen and oxygen atoms in total. The number of fused-ring (bicyclic) bond motifs is 1. The summed E-state index contributed by atoms with van der Waals surface area (Å²) >= 11 is 0. The van der Waals surface area contributed by atoms with Gasteiger partial charge in [-0.25, -0.2) is 0 Å². The molecule has 1 heterocycles. The molecule has 2 aromatic rings. The molecule has 5 N–H and O–H groups in total. The van der Waals surface area contributed by atoms with Gasteiger partial charge in [0.2, 0.25) is 0 Å². The molecule has 0 saturated heterocycles. The fourth-order valence-electron chi connectivity index (χ4n) is 1.70. The number of carboxylic acids is 1. The van der Waals surface area contributed by atoms with E-state index in [0.29, 0.717) is 5.69 Å². The van der Waals surface area contributed by atoms with Crippen LogP contribution in [0.5, 0.6) is 0 Å². The van der Waals surface area contributed by atoms with Crippen LogP contribution < -0.4 is 11.1 Å². The SMILES string of the molecule is NC(=NC(=O)c1cc2ccccc2[nH]1)NCCC(=O)O. The maximum atomic E-state index is 11.9. The van der Waals surface area contributed by atoms with Crippen LogP contribution in [0.15, 0.2) is 35.3 Å². The number of aromatic amines is 1. The second-order valence-corrected chi connectivity index (χ2v) is 4.14. The van der Waals surface area contributed by atoms with Crippen LogP contribution >= 0.6 is 0 Å². The Morgan fingerprint density at radius 1 is 1.35 bits per heavy atom. The number of carboxylic acid groups (broad SMARTS) is 1. The van der Waals surface area contributed by atoms with Gasteiger partial charge in [-0.2, -0.15) is 4.99 Å². The van der Waals surface area contributed by atoms with E-state index in [1.807, 2.05) is 24.3 Å². The van der Waals surface area contributed by atoms with Crippen molar-refractivity contribution in [2.24, 2.45) is 10.7 Å².